The van der Waals surface area contributed by atoms with Gasteiger partial charge in [-0.1, -0.05) is 13.0 Å². The summed E-state index contributed by atoms with van der Waals surface area (Å²) in [6.45, 7) is 4.79. The fraction of sp³-hybridized carbons (Fsp3) is 0.611. The molecule has 7 nitrogen and oxygen atoms in total. The van der Waals surface area contributed by atoms with Gasteiger partial charge in [-0.3, -0.25) is 9.69 Å². The van der Waals surface area contributed by atoms with Gasteiger partial charge in [0.1, 0.15) is 5.75 Å². The second-order valence-corrected chi connectivity index (χ2v) is 8.64. The van der Waals surface area contributed by atoms with Crippen molar-refractivity contribution in [1.29, 1.82) is 0 Å². The van der Waals surface area contributed by atoms with E-state index in [0.717, 1.165) is 25.9 Å². The van der Waals surface area contributed by atoms with Crippen molar-refractivity contribution in [2.75, 3.05) is 45.6 Å². The van der Waals surface area contributed by atoms with Gasteiger partial charge < -0.3 is 14.7 Å². The van der Waals surface area contributed by atoms with Gasteiger partial charge in [0.15, 0.2) is 9.84 Å². The molecule has 1 aliphatic rings. The molecule has 0 atom stereocenters. The molecule has 0 aliphatic carbocycles. The summed E-state index contributed by atoms with van der Waals surface area (Å²) >= 11 is 0. The van der Waals surface area contributed by atoms with Gasteiger partial charge in [-0.25, -0.2) is 8.42 Å². The van der Waals surface area contributed by atoms with Crippen LogP contribution in [-0.4, -0.2) is 80.9 Å². The minimum absolute atomic E-state index is 0. The molecule has 1 saturated heterocycles. The lowest BCUT2D eigenvalue weighted by Crippen LogP contribution is -2.47. The zero-order valence-corrected chi connectivity index (χ0v) is 17.5. The summed E-state index contributed by atoms with van der Waals surface area (Å²) in [7, 11) is -1.84. The number of likely N-dealkylation sites (N-methyl/N-ethyl adjacent to an activating group) is 1. The number of rotatable bonds is 9. The number of methoxy groups -OCH3 is 1. The first kappa shape index (κ1) is 23.7. The molecule has 0 saturated carbocycles. The van der Waals surface area contributed by atoms with Crippen LogP contribution in [0.5, 0.6) is 5.75 Å². The Morgan fingerprint density at radius 3 is 2.56 bits per heavy atom. The number of likely N-dealkylation sites (tertiary alicyclic amines) is 1. The number of piperidine rings is 1. The summed E-state index contributed by atoms with van der Waals surface area (Å²) in [6.07, 6.45) is 1.72. The zero-order valence-electron chi connectivity index (χ0n) is 15.8. The second-order valence-electron chi connectivity index (χ2n) is 6.53. The predicted octanol–water partition coefficient (Wildman–Crippen LogP) is 1.76. The first-order chi connectivity index (χ1) is 12.4. The number of nitrogens with zero attached hydrogens (tertiary/aromatic N) is 2. The predicted molar refractivity (Wildman–Crippen MR) is 107 cm³/mol. The van der Waals surface area contributed by atoms with Crippen LogP contribution in [0.4, 0.5) is 0 Å². The number of carbonyl (C=O) groups is 1. The van der Waals surface area contributed by atoms with E-state index < -0.39 is 15.8 Å². The van der Waals surface area contributed by atoms with Crippen LogP contribution >= 0.6 is 12.4 Å². The molecule has 0 spiro atoms. The van der Waals surface area contributed by atoms with Crippen molar-refractivity contribution in [1.82, 2.24) is 9.80 Å². The number of aliphatic carboxylic acids is 1. The van der Waals surface area contributed by atoms with Gasteiger partial charge in [-0.05, 0) is 50.7 Å². The Labute approximate surface area is 167 Å². The van der Waals surface area contributed by atoms with E-state index in [1.165, 1.54) is 7.11 Å². The molecule has 1 aromatic rings. The number of hydrogen-bond donors (Lipinski definition) is 1. The van der Waals surface area contributed by atoms with Crippen LogP contribution in [-0.2, 0) is 14.6 Å². The van der Waals surface area contributed by atoms with Crippen molar-refractivity contribution in [3.05, 3.63) is 24.3 Å². The first-order valence-electron chi connectivity index (χ1n) is 8.90. The maximum atomic E-state index is 12.5. The number of sulfone groups is 1. The van der Waals surface area contributed by atoms with Gasteiger partial charge in [-0.2, -0.15) is 0 Å². The van der Waals surface area contributed by atoms with E-state index in [1.807, 2.05) is 11.8 Å². The highest BCUT2D eigenvalue weighted by Crippen LogP contribution is 2.20. The van der Waals surface area contributed by atoms with E-state index in [4.69, 9.17) is 9.84 Å². The maximum absolute atomic E-state index is 12.5. The Kier molecular flexibility index (Phi) is 9.52. The largest absolute Gasteiger partial charge is 0.497 e. The fourth-order valence-corrected chi connectivity index (χ4v) is 4.66. The van der Waals surface area contributed by atoms with Gasteiger partial charge in [0, 0.05) is 12.6 Å². The highest BCUT2D eigenvalue weighted by molar-refractivity contribution is 7.91. The molecule has 154 valence electrons. The van der Waals surface area contributed by atoms with E-state index in [2.05, 4.69) is 4.90 Å². The topological polar surface area (TPSA) is 87.2 Å². The van der Waals surface area contributed by atoms with Gasteiger partial charge in [0.2, 0.25) is 0 Å². The third kappa shape index (κ3) is 6.95. The first-order valence-corrected chi connectivity index (χ1v) is 10.6. The van der Waals surface area contributed by atoms with Crippen molar-refractivity contribution in [3.8, 4) is 5.75 Å². The summed E-state index contributed by atoms with van der Waals surface area (Å²) in [5, 5.41) is 8.99. The van der Waals surface area contributed by atoms with Gasteiger partial charge in [-0.15, -0.1) is 12.4 Å². The Morgan fingerprint density at radius 1 is 1.33 bits per heavy atom. The summed E-state index contributed by atoms with van der Waals surface area (Å²) in [5.74, 6) is -0.207. The molecule has 1 fully saturated rings. The van der Waals surface area contributed by atoms with Gasteiger partial charge >= 0.3 is 5.97 Å². The molecule has 1 heterocycles. The third-order valence-electron chi connectivity index (χ3n) is 4.89. The third-order valence-corrected chi connectivity index (χ3v) is 6.59. The molecule has 0 unspecified atom stereocenters. The van der Waals surface area contributed by atoms with Crippen LogP contribution < -0.4 is 4.74 Å². The van der Waals surface area contributed by atoms with Gasteiger partial charge in [0.05, 0.1) is 24.3 Å². The van der Waals surface area contributed by atoms with E-state index in [-0.39, 0.29) is 35.6 Å². The number of hydrogen-bond acceptors (Lipinski definition) is 6. The van der Waals surface area contributed by atoms with E-state index in [1.54, 1.807) is 24.3 Å². The lowest BCUT2D eigenvalue weighted by atomic mass is 10.0. The molecule has 27 heavy (non-hydrogen) atoms. The molecular formula is C18H29ClN2O5S. The smallest absolute Gasteiger partial charge is 0.317 e. The minimum atomic E-state index is -3.35. The molecule has 2 rings (SSSR count). The molecule has 0 bridgehead atoms. The number of carboxylic acids is 1. The van der Waals surface area contributed by atoms with Crippen molar-refractivity contribution in [3.63, 3.8) is 0 Å². The number of halogens is 1. The van der Waals surface area contributed by atoms with E-state index >= 15 is 0 Å². The fourth-order valence-electron chi connectivity index (χ4n) is 3.34. The van der Waals surface area contributed by atoms with Crippen LogP contribution in [0.3, 0.4) is 0 Å². The Morgan fingerprint density at radius 2 is 2.00 bits per heavy atom. The molecule has 0 aromatic heterocycles. The lowest BCUT2D eigenvalue weighted by molar-refractivity contribution is -0.139. The summed E-state index contributed by atoms with van der Waals surface area (Å²) < 4.78 is 30.2. The normalized spacial score (nSPS) is 16.1. The van der Waals surface area contributed by atoms with Crippen LogP contribution in [0.2, 0.25) is 0 Å². The van der Waals surface area contributed by atoms with Crippen LogP contribution in [0, 0.1) is 0 Å². The van der Waals surface area contributed by atoms with Crippen molar-refractivity contribution in [2.24, 2.45) is 0 Å². The summed E-state index contributed by atoms with van der Waals surface area (Å²) in [6, 6.07) is 6.79. The molecule has 0 radical (unpaired) electrons. The minimum Gasteiger partial charge on any atom is -0.497 e. The van der Waals surface area contributed by atoms with Crippen molar-refractivity contribution >= 4 is 28.2 Å². The molecule has 1 aromatic carbocycles. The summed E-state index contributed by atoms with van der Waals surface area (Å²) in [4.78, 5) is 15.3. The lowest BCUT2D eigenvalue weighted by Gasteiger charge is -2.37. The van der Waals surface area contributed by atoms with Gasteiger partial charge in [0.25, 0.3) is 0 Å². The van der Waals surface area contributed by atoms with Crippen LogP contribution in [0.25, 0.3) is 0 Å². The molecular weight excluding hydrogens is 392 g/mol. The Hall–Kier alpha value is -1.35. The monoisotopic (exact) mass is 420 g/mol. The molecule has 1 N–H and O–H groups in total. The highest BCUT2D eigenvalue weighted by atomic mass is 35.5. The Balaban J connectivity index is 0.00000364. The second kappa shape index (κ2) is 10.8. The number of carboxylic acid groups (broad SMARTS) is 1. The molecule has 9 heteroatoms. The van der Waals surface area contributed by atoms with Crippen LogP contribution in [0.15, 0.2) is 29.2 Å². The zero-order chi connectivity index (χ0) is 19.2. The summed E-state index contributed by atoms with van der Waals surface area (Å²) in [5.41, 5.74) is 0. The number of ether oxygens (including phenoxy) is 1. The quantitative estimate of drug-likeness (QED) is 0.651. The standard InChI is InChI=1S/C18H28N2O5S.ClH/c1-3-20(14-18(21)22)15-7-9-19(10-8-15)11-12-26(23,24)17-6-4-5-16(13-17)25-2;/h4-6,13,15H,3,7-12,14H2,1-2H3,(H,21,22);1H. The molecule has 0 amide bonds. The van der Waals surface area contributed by atoms with E-state index in [0.29, 0.717) is 18.8 Å². The molecule has 1 aliphatic heterocycles. The SMILES string of the molecule is CCN(CC(=O)O)C1CCN(CCS(=O)(=O)c2cccc(OC)c2)CC1.Cl. The van der Waals surface area contributed by atoms with E-state index in [9.17, 15) is 13.2 Å². The average Bonchev–Trinajstić information content (AvgIpc) is 2.65. The average molecular weight is 421 g/mol. The highest BCUT2D eigenvalue weighted by Gasteiger charge is 2.26. The van der Waals surface area contributed by atoms with Crippen molar-refractivity contribution < 1.29 is 23.1 Å². The van der Waals surface area contributed by atoms with Crippen LogP contribution in [0.1, 0.15) is 19.8 Å². The number of benzene rings is 1. The maximum Gasteiger partial charge on any atom is 0.317 e. The van der Waals surface area contributed by atoms with Crippen molar-refractivity contribution in [2.45, 2.75) is 30.7 Å². The Bertz CT molecular complexity index is 705.